The summed E-state index contributed by atoms with van der Waals surface area (Å²) >= 11 is 4.06. The molecule has 1 rings (SSSR count). The van der Waals surface area contributed by atoms with Crippen molar-refractivity contribution < 1.29 is 29.1 Å². The van der Waals surface area contributed by atoms with Gasteiger partial charge in [0, 0.05) is 18.8 Å². The third-order valence-corrected chi connectivity index (χ3v) is 6.14. The minimum absolute atomic E-state index is 0.0494. The molecule has 226 valence electrons. The van der Waals surface area contributed by atoms with Gasteiger partial charge in [0.15, 0.2) is 11.9 Å². The molecule has 14 N–H and O–H groups in total. The topological polar surface area (TPSA) is 295 Å². The van der Waals surface area contributed by atoms with Crippen molar-refractivity contribution in [2.45, 2.75) is 62.7 Å². The first kappa shape index (κ1) is 34.2. The zero-order valence-electron chi connectivity index (χ0n) is 22.2. The number of guanidine groups is 2. The molecule has 4 atom stereocenters. The van der Waals surface area contributed by atoms with E-state index in [4.69, 9.17) is 22.9 Å². The van der Waals surface area contributed by atoms with Crippen LogP contribution in [0, 0.1) is 0 Å². The molecule has 1 saturated heterocycles. The summed E-state index contributed by atoms with van der Waals surface area (Å²) in [5, 5.41) is 22.3. The van der Waals surface area contributed by atoms with E-state index < -0.39 is 54.4 Å². The summed E-state index contributed by atoms with van der Waals surface area (Å²) in [5.41, 5.74) is 21.1. The molecule has 0 saturated carbocycles. The number of hydrogen-bond donors (Lipinski definition) is 11. The van der Waals surface area contributed by atoms with Gasteiger partial charge in [0.05, 0.1) is 12.6 Å². The molecule has 0 unspecified atom stereocenters. The Hall–Kier alpha value is -3.80. The van der Waals surface area contributed by atoms with Gasteiger partial charge in [0.1, 0.15) is 18.1 Å². The van der Waals surface area contributed by atoms with E-state index in [0.717, 1.165) is 6.42 Å². The van der Waals surface area contributed by atoms with Gasteiger partial charge in [0.2, 0.25) is 23.6 Å². The largest absolute Gasteiger partial charge is 0.480 e. The van der Waals surface area contributed by atoms with Crippen molar-refractivity contribution in [3.8, 4) is 0 Å². The van der Waals surface area contributed by atoms with Crippen molar-refractivity contribution in [1.29, 1.82) is 0 Å². The molecule has 0 aliphatic carbocycles. The number of amides is 4. The maximum atomic E-state index is 12.8. The lowest BCUT2D eigenvalue weighted by atomic mass is 10.1. The molecule has 1 heterocycles. The fraction of sp³-hybridized carbons (Fsp3) is 0.682. The van der Waals surface area contributed by atoms with Crippen LogP contribution in [0.5, 0.6) is 0 Å². The lowest BCUT2D eigenvalue weighted by Crippen LogP contribution is -2.55. The summed E-state index contributed by atoms with van der Waals surface area (Å²) in [6, 6.07) is -3.77. The van der Waals surface area contributed by atoms with E-state index in [1.165, 1.54) is 0 Å². The maximum absolute atomic E-state index is 12.8. The predicted octanol–water partition coefficient (Wildman–Crippen LogP) is -4.57. The van der Waals surface area contributed by atoms with Gasteiger partial charge >= 0.3 is 5.97 Å². The van der Waals surface area contributed by atoms with Crippen LogP contribution in [0.15, 0.2) is 9.98 Å². The highest BCUT2D eigenvalue weighted by Crippen LogP contribution is 2.07. The van der Waals surface area contributed by atoms with E-state index in [1.54, 1.807) is 0 Å². The Morgan fingerprint density at radius 3 is 1.98 bits per heavy atom. The van der Waals surface area contributed by atoms with Crippen molar-refractivity contribution in [1.82, 2.24) is 26.6 Å². The zero-order chi connectivity index (χ0) is 30.1. The number of rotatable bonds is 18. The zero-order valence-corrected chi connectivity index (χ0v) is 23.1. The molecule has 1 fully saturated rings. The summed E-state index contributed by atoms with van der Waals surface area (Å²) in [6.45, 7) is 0.625. The summed E-state index contributed by atoms with van der Waals surface area (Å²) in [7, 11) is 0. The van der Waals surface area contributed by atoms with E-state index in [2.05, 4.69) is 49.2 Å². The molecule has 1 aliphatic heterocycles. The molecule has 0 bridgehead atoms. The molecule has 1 aliphatic rings. The van der Waals surface area contributed by atoms with E-state index in [9.17, 15) is 29.1 Å². The number of aliphatic imine (C=N–C) groups is 2. The number of nitrogens with two attached hydrogens (primary N) is 4. The summed E-state index contributed by atoms with van der Waals surface area (Å²) < 4.78 is 0. The van der Waals surface area contributed by atoms with Crippen LogP contribution in [0.2, 0.25) is 0 Å². The van der Waals surface area contributed by atoms with Crippen molar-refractivity contribution in [2.24, 2.45) is 32.9 Å². The molecule has 18 heteroatoms. The third-order valence-electron chi connectivity index (χ3n) is 5.77. The van der Waals surface area contributed by atoms with E-state index in [-0.39, 0.29) is 49.5 Å². The fourth-order valence-corrected chi connectivity index (χ4v) is 3.97. The van der Waals surface area contributed by atoms with Crippen LogP contribution in [-0.4, -0.2) is 103 Å². The predicted molar refractivity (Wildman–Crippen MR) is 151 cm³/mol. The van der Waals surface area contributed by atoms with Gasteiger partial charge in [-0.05, 0) is 45.1 Å². The lowest BCUT2D eigenvalue weighted by Gasteiger charge is -2.22. The molecule has 0 aromatic heterocycles. The highest BCUT2D eigenvalue weighted by atomic mass is 32.1. The number of aliphatic carboxylic acids is 1. The van der Waals surface area contributed by atoms with Crippen LogP contribution in [0.3, 0.4) is 0 Å². The smallest absolute Gasteiger partial charge is 0.326 e. The summed E-state index contributed by atoms with van der Waals surface area (Å²) in [4.78, 5) is 69.5. The van der Waals surface area contributed by atoms with Crippen LogP contribution in [0.1, 0.15) is 38.5 Å². The molecule has 0 spiro atoms. The van der Waals surface area contributed by atoms with Crippen molar-refractivity contribution >= 4 is 54.1 Å². The Balaban J connectivity index is 2.66. The second kappa shape index (κ2) is 18.5. The average molecular weight is 588 g/mol. The van der Waals surface area contributed by atoms with Crippen molar-refractivity contribution in [3.05, 3.63) is 0 Å². The van der Waals surface area contributed by atoms with Gasteiger partial charge in [-0.15, -0.1) is 0 Å². The van der Waals surface area contributed by atoms with Gasteiger partial charge in [-0.25, -0.2) is 4.79 Å². The normalized spacial score (nSPS) is 16.5. The van der Waals surface area contributed by atoms with Gasteiger partial charge in [-0.1, -0.05) is 0 Å². The van der Waals surface area contributed by atoms with E-state index in [0.29, 0.717) is 25.8 Å². The van der Waals surface area contributed by atoms with Crippen LogP contribution >= 0.6 is 12.6 Å². The number of nitrogens with zero attached hydrogens (tertiary/aromatic N) is 2. The number of carboxylic acid groups (broad SMARTS) is 1. The fourth-order valence-electron chi connectivity index (χ4n) is 3.72. The number of carbonyl (C=O) groups is 5. The minimum atomic E-state index is -1.27. The number of carboxylic acids is 1. The first-order valence-corrected chi connectivity index (χ1v) is 13.4. The van der Waals surface area contributed by atoms with Gasteiger partial charge in [0.25, 0.3) is 0 Å². The SMILES string of the molecule is NC(N)=NCCC[C@H](NC(=O)[C@@H](CS)NC(=O)CNC(=O)[C@@H](CCCN=C(N)N)NC(=O)[C@@H]1CCCN1)C(=O)O. The standard InChI is InChI=1S/C22H41N11O6S/c23-21(24)28-8-2-5-13(32-18(36)12-4-1-7-27-12)17(35)30-10-16(34)31-15(11-40)19(37)33-14(20(38)39)6-3-9-29-22(25)26/h12-15,27,40H,1-11H2,(H,30,35)(H,31,34)(H,32,36)(H,33,37)(H,38,39)(H4,23,24,28)(H4,25,26,29)/t12-,13+,14-,15+/m0/s1. The van der Waals surface area contributed by atoms with Crippen LogP contribution in [0.25, 0.3) is 0 Å². The van der Waals surface area contributed by atoms with Crippen molar-refractivity contribution in [3.63, 3.8) is 0 Å². The monoisotopic (exact) mass is 587 g/mol. The first-order chi connectivity index (χ1) is 18.9. The van der Waals surface area contributed by atoms with E-state index in [1.807, 2.05) is 0 Å². The van der Waals surface area contributed by atoms with Gasteiger partial charge in [-0.3, -0.25) is 29.2 Å². The molecular weight excluding hydrogens is 546 g/mol. The molecular formula is C22H41N11O6S. The Morgan fingerprint density at radius 1 is 0.875 bits per heavy atom. The van der Waals surface area contributed by atoms with Gasteiger partial charge < -0.3 is 54.6 Å². The molecule has 0 radical (unpaired) electrons. The highest BCUT2D eigenvalue weighted by Gasteiger charge is 2.28. The number of thiol groups is 1. The molecule has 0 aromatic rings. The summed E-state index contributed by atoms with van der Waals surface area (Å²) in [5.74, 6) is -4.05. The second-order valence-electron chi connectivity index (χ2n) is 9.03. The molecule has 4 amide bonds. The Morgan fingerprint density at radius 2 is 1.48 bits per heavy atom. The Bertz CT molecular complexity index is 934. The summed E-state index contributed by atoms with van der Waals surface area (Å²) in [6.07, 6.45) is 2.42. The molecule has 40 heavy (non-hydrogen) atoms. The maximum Gasteiger partial charge on any atom is 0.326 e. The first-order valence-electron chi connectivity index (χ1n) is 12.8. The minimum Gasteiger partial charge on any atom is -0.480 e. The van der Waals surface area contributed by atoms with Crippen LogP contribution in [0.4, 0.5) is 0 Å². The lowest BCUT2D eigenvalue weighted by molar-refractivity contribution is -0.142. The quantitative estimate of drug-likeness (QED) is 0.0314. The average Bonchev–Trinajstić information content (AvgIpc) is 3.44. The number of carbonyl (C=O) groups excluding carboxylic acids is 4. The highest BCUT2D eigenvalue weighted by molar-refractivity contribution is 7.80. The second-order valence-corrected chi connectivity index (χ2v) is 9.39. The van der Waals surface area contributed by atoms with Crippen LogP contribution in [-0.2, 0) is 24.0 Å². The number of hydrogen-bond acceptors (Lipinski definition) is 9. The van der Waals surface area contributed by atoms with Gasteiger partial charge in [-0.2, -0.15) is 12.6 Å². The van der Waals surface area contributed by atoms with E-state index >= 15 is 0 Å². The Kier molecular flexibility index (Phi) is 15.8. The third kappa shape index (κ3) is 13.8. The number of nitrogens with one attached hydrogen (secondary N) is 5. The van der Waals surface area contributed by atoms with Crippen molar-refractivity contribution in [2.75, 3.05) is 31.9 Å². The Labute approximate surface area is 237 Å². The van der Waals surface area contributed by atoms with Crippen LogP contribution < -0.4 is 49.5 Å². The molecule has 17 nitrogen and oxygen atoms in total. The molecule has 0 aromatic carbocycles.